The number of hydrogen-bond donors (Lipinski definition) is 2. The van der Waals surface area contributed by atoms with E-state index in [0.29, 0.717) is 44.6 Å². The van der Waals surface area contributed by atoms with Gasteiger partial charge in [-0.1, -0.05) is 48.4 Å². The lowest BCUT2D eigenvalue weighted by Crippen LogP contribution is -2.54. The first kappa shape index (κ1) is 30.4. The number of allylic oxidation sites excluding steroid dienone is 2. The van der Waals surface area contributed by atoms with Crippen LogP contribution in [0.5, 0.6) is 0 Å². The Morgan fingerprint density at radius 2 is 1.95 bits per heavy atom. The van der Waals surface area contributed by atoms with Crippen molar-refractivity contribution in [2.45, 2.75) is 82.8 Å². The van der Waals surface area contributed by atoms with Gasteiger partial charge in [0.15, 0.2) is 5.78 Å². The second-order valence-electron chi connectivity index (χ2n) is 12.6. The molecule has 2 aromatic carbocycles. The number of fused-ring (bicyclic) bond motifs is 8. The van der Waals surface area contributed by atoms with Crippen LogP contribution in [0.25, 0.3) is 0 Å². The number of hydrogen-bond acceptors (Lipinski definition) is 5. The lowest BCUT2D eigenvalue weighted by atomic mass is 9.64. The van der Waals surface area contributed by atoms with Crippen molar-refractivity contribution >= 4 is 17.4 Å². The first-order chi connectivity index (χ1) is 19.6. The second-order valence-corrected chi connectivity index (χ2v) is 13.0. The van der Waals surface area contributed by atoms with Gasteiger partial charge in [-0.3, -0.25) is 9.69 Å². The number of morpholine rings is 1. The Balaban J connectivity index is 1.57. The van der Waals surface area contributed by atoms with Gasteiger partial charge in [0.1, 0.15) is 5.82 Å². The lowest BCUT2D eigenvalue weighted by molar-refractivity contribution is -0.0959. The number of nitrogens with zero attached hydrogens (tertiary/aromatic N) is 1. The van der Waals surface area contributed by atoms with Crippen LogP contribution in [0.15, 0.2) is 48.0 Å². The molecule has 1 aliphatic heterocycles. The molecule has 4 aliphatic rings. The van der Waals surface area contributed by atoms with Crippen molar-refractivity contribution in [1.29, 1.82) is 0 Å². The Bertz CT molecular complexity index is 1270. The standard InChI is InChI=1S/C34H43ClFNO4/c1-23-5-4-13-33(2)29(12-14-34(33,40)22-37-15-17-41-18-16-37)26-11-9-24(19-25(38)10-8-23)20-27(26)32(39)21-28-30(35)6-3-7-31(28)36/h3,5-7,9,11,20,25,29,38,40H,4,8,10,12-19,21-22H2,1-2H3. The summed E-state index contributed by atoms with van der Waals surface area (Å²) in [5, 5.41) is 23.4. The zero-order valence-electron chi connectivity index (χ0n) is 24.3. The summed E-state index contributed by atoms with van der Waals surface area (Å²) in [5.74, 6) is -0.745. The van der Waals surface area contributed by atoms with Crippen LogP contribution in [0.1, 0.15) is 85.3 Å². The number of aliphatic hydroxyl groups excluding tert-OH is 1. The van der Waals surface area contributed by atoms with Crippen LogP contribution < -0.4 is 0 Å². The van der Waals surface area contributed by atoms with Crippen LogP contribution in [-0.4, -0.2) is 65.4 Å². The summed E-state index contributed by atoms with van der Waals surface area (Å²) in [4.78, 5) is 16.3. The van der Waals surface area contributed by atoms with E-state index in [-0.39, 0.29) is 28.7 Å². The Morgan fingerprint density at radius 3 is 2.71 bits per heavy atom. The second kappa shape index (κ2) is 12.6. The smallest absolute Gasteiger partial charge is 0.167 e. The summed E-state index contributed by atoms with van der Waals surface area (Å²) in [6.07, 6.45) is 6.44. The van der Waals surface area contributed by atoms with E-state index in [1.54, 1.807) is 12.1 Å². The van der Waals surface area contributed by atoms with Crippen molar-refractivity contribution in [2.75, 3.05) is 32.8 Å². The molecule has 2 aromatic rings. The molecule has 1 heterocycles. The van der Waals surface area contributed by atoms with E-state index in [1.807, 2.05) is 18.2 Å². The zero-order valence-corrected chi connectivity index (χ0v) is 25.1. The SMILES string of the molecule is CC1=CCCC2(C)C(CCC2(O)CN2CCOCC2)c2ccc(cc2C(=O)Cc2c(F)cccc2Cl)CC(O)CC1. The van der Waals surface area contributed by atoms with E-state index in [9.17, 15) is 19.4 Å². The number of ketones is 1. The molecule has 2 bridgehead atoms. The van der Waals surface area contributed by atoms with Crippen molar-refractivity contribution in [1.82, 2.24) is 4.90 Å². The molecular weight excluding hydrogens is 541 g/mol. The third-order valence-corrected chi connectivity index (χ3v) is 10.3. The number of rotatable bonds is 5. The molecule has 6 rings (SSSR count). The Kier molecular flexibility index (Phi) is 9.37. The molecule has 0 aromatic heterocycles. The number of carbonyl (C=O) groups excluding carboxylic acids is 1. The maximum Gasteiger partial charge on any atom is 0.167 e. The van der Waals surface area contributed by atoms with Gasteiger partial charge in [0.25, 0.3) is 0 Å². The Hall–Kier alpha value is -2.09. The summed E-state index contributed by atoms with van der Waals surface area (Å²) in [6, 6.07) is 10.4. The summed E-state index contributed by atoms with van der Waals surface area (Å²) >= 11 is 6.32. The summed E-state index contributed by atoms with van der Waals surface area (Å²) in [5.41, 5.74) is 2.36. The van der Waals surface area contributed by atoms with Gasteiger partial charge in [-0.05, 0) is 87.1 Å². The molecule has 2 fully saturated rings. The number of aliphatic hydroxyl groups is 2. The van der Waals surface area contributed by atoms with Crippen molar-refractivity contribution in [3.63, 3.8) is 0 Å². The highest BCUT2D eigenvalue weighted by Crippen LogP contribution is 2.58. The number of β-amino-alcohol motifs (C(OH)–C–C–N with tert-alkyl or cyclic N) is 1. The van der Waals surface area contributed by atoms with Crippen LogP contribution in [0.2, 0.25) is 5.02 Å². The topological polar surface area (TPSA) is 70.0 Å². The maximum atomic E-state index is 14.7. The molecule has 0 spiro atoms. The highest BCUT2D eigenvalue weighted by atomic mass is 35.5. The summed E-state index contributed by atoms with van der Waals surface area (Å²) in [6.45, 7) is 7.82. The average Bonchev–Trinajstić information content (AvgIpc) is 3.19. The van der Waals surface area contributed by atoms with Crippen molar-refractivity contribution in [3.8, 4) is 0 Å². The highest BCUT2D eigenvalue weighted by Gasteiger charge is 2.57. The van der Waals surface area contributed by atoms with Crippen molar-refractivity contribution < 1.29 is 24.1 Å². The highest BCUT2D eigenvalue weighted by molar-refractivity contribution is 6.31. The zero-order chi connectivity index (χ0) is 29.2. The van der Waals surface area contributed by atoms with Crippen LogP contribution in [0.4, 0.5) is 4.39 Å². The molecule has 1 saturated heterocycles. The van der Waals surface area contributed by atoms with E-state index >= 15 is 0 Å². The predicted molar refractivity (Wildman–Crippen MR) is 160 cm³/mol. The molecule has 2 N–H and O–H groups in total. The van der Waals surface area contributed by atoms with Gasteiger partial charge in [0.2, 0.25) is 0 Å². The first-order valence-corrected chi connectivity index (χ1v) is 15.4. The van der Waals surface area contributed by atoms with Gasteiger partial charge in [-0.15, -0.1) is 0 Å². The fourth-order valence-corrected chi connectivity index (χ4v) is 7.56. The largest absolute Gasteiger partial charge is 0.393 e. The van der Waals surface area contributed by atoms with E-state index in [4.69, 9.17) is 16.3 Å². The van der Waals surface area contributed by atoms with Crippen molar-refractivity contribution in [2.24, 2.45) is 5.41 Å². The minimum atomic E-state index is -0.933. The molecular formula is C34H43ClFNO4. The number of benzene rings is 2. The maximum absolute atomic E-state index is 14.7. The fourth-order valence-electron chi connectivity index (χ4n) is 7.33. The number of ether oxygens (including phenoxy) is 1. The molecule has 41 heavy (non-hydrogen) atoms. The third-order valence-electron chi connectivity index (χ3n) is 9.96. The minimum absolute atomic E-state index is 0.0563. The van der Waals surface area contributed by atoms with E-state index in [1.165, 1.54) is 11.6 Å². The molecule has 0 radical (unpaired) electrons. The summed E-state index contributed by atoms with van der Waals surface area (Å²) in [7, 11) is 0. The van der Waals surface area contributed by atoms with Gasteiger partial charge in [0.05, 0.1) is 24.9 Å². The number of Topliss-reactive ketones (excluding diaryl/α,β-unsaturated/α-hetero) is 1. The number of carbonyl (C=O) groups is 1. The average molecular weight is 584 g/mol. The van der Waals surface area contributed by atoms with Gasteiger partial charge in [0, 0.05) is 47.6 Å². The van der Waals surface area contributed by atoms with E-state index in [0.717, 1.165) is 49.9 Å². The molecule has 3 aliphatic carbocycles. The van der Waals surface area contributed by atoms with Gasteiger partial charge >= 0.3 is 0 Å². The lowest BCUT2D eigenvalue weighted by Gasteiger charge is -2.46. The predicted octanol–water partition coefficient (Wildman–Crippen LogP) is 6.28. The van der Waals surface area contributed by atoms with Gasteiger partial charge < -0.3 is 14.9 Å². The molecule has 0 amide bonds. The quantitative estimate of drug-likeness (QED) is 0.320. The van der Waals surface area contributed by atoms with Crippen LogP contribution in [-0.2, 0) is 17.6 Å². The number of halogens is 2. The van der Waals surface area contributed by atoms with Gasteiger partial charge in [-0.25, -0.2) is 4.39 Å². The summed E-state index contributed by atoms with van der Waals surface area (Å²) < 4.78 is 20.3. The Labute approximate surface area is 248 Å². The fraction of sp³-hybridized carbons (Fsp3) is 0.559. The monoisotopic (exact) mass is 583 g/mol. The Morgan fingerprint density at radius 1 is 1.17 bits per heavy atom. The van der Waals surface area contributed by atoms with Crippen LogP contribution in [0.3, 0.4) is 0 Å². The molecule has 4 unspecified atom stereocenters. The first-order valence-electron chi connectivity index (χ1n) is 15.0. The van der Waals surface area contributed by atoms with Crippen molar-refractivity contribution in [3.05, 3.63) is 81.1 Å². The minimum Gasteiger partial charge on any atom is -0.393 e. The van der Waals surface area contributed by atoms with E-state index < -0.39 is 22.9 Å². The molecule has 1 saturated carbocycles. The van der Waals surface area contributed by atoms with Crippen LogP contribution >= 0.6 is 11.6 Å². The molecule has 222 valence electrons. The third kappa shape index (κ3) is 6.47. The molecule has 4 atom stereocenters. The normalized spacial score (nSPS) is 29.6. The van der Waals surface area contributed by atoms with Crippen LogP contribution in [0, 0.1) is 11.2 Å². The molecule has 5 nitrogen and oxygen atoms in total. The van der Waals surface area contributed by atoms with Gasteiger partial charge in [-0.2, -0.15) is 0 Å². The van der Waals surface area contributed by atoms with E-state index in [2.05, 4.69) is 24.8 Å². The molecule has 7 heteroatoms.